The van der Waals surface area contributed by atoms with Gasteiger partial charge in [-0.2, -0.15) is 0 Å². The Hall–Kier alpha value is -3.85. The average Bonchev–Trinajstić information content (AvgIpc) is 3.46. The number of thioether (sulfide) groups is 1. The number of hydrogen-bond donors (Lipinski definition) is 1. The second-order valence-corrected chi connectivity index (χ2v) is 8.21. The number of hydrogen-bond acceptors (Lipinski definition) is 6. The summed E-state index contributed by atoms with van der Waals surface area (Å²) in [5.74, 6) is 1.34. The molecule has 4 aromatic rings. The minimum atomic E-state index is -0.479. The molecule has 33 heavy (non-hydrogen) atoms. The van der Waals surface area contributed by atoms with Crippen LogP contribution in [0, 0.1) is 5.82 Å². The molecule has 2 heterocycles. The molecule has 0 aliphatic carbocycles. The summed E-state index contributed by atoms with van der Waals surface area (Å²) in [6, 6.07) is 21.5. The Morgan fingerprint density at radius 3 is 2.64 bits per heavy atom. The Morgan fingerprint density at radius 2 is 1.79 bits per heavy atom. The van der Waals surface area contributed by atoms with E-state index in [-0.39, 0.29) is 24.1 Å². The predicted molar refractivity (Wildman–Crippen MR) is 123 cm³/mol. The Bertz CT molecular complexity index is 1300. The summed E-state index contributed by atoms with van der Waals surface area (Å²) in [6.45, 7) is 0.685. The van der Waals surface area contributed by atoms with E-state index in [1.54, 1.807) is 12.1 Å². The van der Waals surface area contributed by atoms with Crippen molar-refractivity contribution in [3.63, 3.8) is 0 Å². The Balaban J connectivity index is 1.38. The molecular formula is C24H19FN4O3S. The maximum absolute atomic E-state index is 13.8. The molecule has 0 spiro atoms. The molecule has 1 aliphatic rings. The summed E-state index contributed by atoms with van der Waals surface area (Å²) >= 11 is 1.24. The molecule has 1 N–H and O–H groups in total. The van der Waals surface area contributed by atoms with Crippen LogP contribution in [0.15, 0.2) is 78.0 Å². The van der Waals surface area contributed by atoms with E-state index < -0.39 is 5.82 Å². The van der Waals surface area contributed by atoms with E-state index in [0.717, 1.165) is 11.1 Å². The number of carbonyl (C=O) groups is 1. The highest BCUT2D eigenvalue weighted by atomic mass is 32.2. The van der Waals surface area contributed by atoms with Crippen LogP contribution in [-0.2, 0) is 11.3 Å². The molecule has 5 rings (SSSR count). The molecule has 9 heteroatoms. The van der Waals surface area contributed by atoms with E-state index in [9.17, 15) is 9.18 Å². The molecule has 166 valence electrons. The zero-order chi connectivity index (χ0) is 22.6. The van der Waals surface area contributed by atoms with E-state index in [1.165, 1.54) is 23.9 Å². The second kappa shape index (κ2) is 9.33. The topological polar surface area (TPSA) is 78.3 Å². The van der Waals surface area contributed by atoms with E-state index in [1.807, 2.05) is 53.1 Å². The van der Waals surface area contributed by atoms with E-state index >= 15 is 0 Å². The number of para-hydroxylation sites is 1. The van der Waals surface area contributed by atoms with Gasteiger partial charge in [-0.05, 0) is 29.8 Å². The van der Waals surface area contributed by atoms with Crippen molar-refractivity contribution in [3.05, 3.63) is 84.2 Å². The summed E-state index contributed by atoms with van der Waals surface area (Å²) in [7, 11) is 0. The predicted octanol–water partition coefficient (Wildman–Crippen LogP) is 4.59. The number of anilines is 1. The van der Waals surface area contributed by atoms with Gasteiger partial charge in [-0.25, -0.2) is 4.39 Å². The van der Waals surface area contributed by atoms with Gasteiger partial charge in [0.25, 0.3) is 0 Å². The van der Waals surface area contributed by atoms with Crippen LogP contribution in [0.3, 0.4) is 0 Å². The van der Waals surface area contributed by atoms with Crippen LogP contribution >= 0.6 is 11.8 Å². The van der Waals surface area contributed by atoms with Crippen molar-refractivity contribution in [1.29, 1.82) is 0 Å². The van der Waals surface area contributed by atoms with Gasteiger partial charge < -0.3 is 14.8 Å². The maximum atomic E-state index is 13.8. The third kappa shape index (κ3) is 4.68. The number of benzene rings is 3. The molecule has 1 aromatic heterocycles. The summed E-state index contributed by atoms with van der Waals surface area (Å²) in [5, 5.41) is 11.9. The molecule has 7 nitrogen and oxygen atoms in total. The minimum Gasteiger partial charge on any atom is -0.454 e. The first kappa shape index (κ1) is 21.0. The Kier molecular flexibility index (Phi) is 5.95. The molecule has 0 saturated carbocycles. The fourth-order valence-electron chi connectivity index (χ4n) is 3.44. The number of halogens is 1. The molecule has 1 amide bonds. The fourth-order valence-corrected chi connectivity index (χ4v) is 4.18. The first-order valence-corrected chi connectivity index (χ1v) is 11.2. The van der Waals surface area contributed by atoms with Crippen molar-refractivity contribution >= 4 is 23.4 Å². The minimum absolute atomic E-state index is 0.0579. The van der Waals surface area contributed by atoms with Crippen LogP contribution in [0.5, 0.6) is 11.5 Å². The molecule has 0 radical (unpaired) electrons. The lowest BCUT2D eigenvalue weighted by Gasteiger charge is -2.11. The zero-order valence-corrected chi connectivity index (χ0v) is 18.2. The molecular weight excluding hydrogens is 443 g/mol. The summed E-state index contributed by atoms with van der Waals surface area (Å²) < 4.78 is 26.7. The number of ether oxygens (including phenoxy) is 2. The SMILES string of the molecule is O=C(CSc1nnc(-c2ccccc2)n1Cc1ccc2c(c1)OCO2)Nc1ccccc1F. The van der Waals surface area contributed by atoms with Crippen molar-refractivity contribution in [1.82, 2.24) is 14.8 Å². The number of rotatable bonds is 7. The van der Waals surface area contributed by atoms with Crippen LogP contribution in [0.4, 0.5) is 10.1 Å². The fraction of sp³-hybridized carbons (Fsp3) is 0.125. The molecule has 0 unspecified atom stereocenters. The van der Waals surface area contributed by atoms with Crippen LogP contribution in [0.2, 0.25) is 0 Å². The van der Waals surface area contributed by atoms with Gasteiger partial charge in [0.05, 0.1) is 18.0 Å². The number of aromatic nitrogens is 3. The molecule has 0 atom stereocenters. The zero-order valence-electron chi connectivity index (χ0n) is 17.4. The third-order valence-electron chi connectivity index (χ3n) is 5.01. The lowest BCUT2D eigenvalue weighted by Crippen LogP contribution is -2.15. The van der Waals surface area contributed by atoms with Gasteiger partial charge >= 0.3 is 0 Å². The number of nitrogens with zero attached hydrogens (tertiary/aromatic N) is 3. The number of carbonyl (C=O) groups excluding carboxylic acids is 1. The van der Waals surface area contributed by atoms with Crippen LogP contribution in [0.25, 0.3) is 11.4 Å². The van der Waals surface area contributed by atoms with Gasteiger partial charge in [-0.3, -0.25) is 9.36 Å². The quantitative estimate of drug-likeness (QED) is 0.405. The largest absolute Gasteiger partial charge is 0.454 e. The molecule has 0 fully saturated rings. The highest BCUT2D eigenvalue weighted by molar-refractivity contribution is 7.99. The molecule has 0 bridgehead atoms. The first-order valence-electron chi connectivity index (χ1n) is 10.2. The van der Waals surface area contributed by atoms with Gasteiger partial charge in [0, 0.05) is 5.56 Å². The third-order valence-corrected chi connectivity index (χ3v) is 5.97. The van der Waals surface area contributed by atoms with Crippen LogP contribution in [-0.4, -0.2) is 33.2 Å². The number of nitrogens with one attached hydrogen (secondary N) is 1. The highest BCUT2D eigenvalue weighted by Crippen LogP contribution is 2.33. The van der Waals surface area contributed by atoms with Crippen molar-refractivity contribution < 1.29 is 18.7 Å². The average molecular weight is 463 g/mol. The second-order valence-electron chi connectivity index (χ2n) is 7.26. The van der Waals surface area contributed by atoms with Gasteiger partial charge in [-0.15, -0.1) is 10.2 Å². The lowest BCUT2D eigenvalue weighted by atomic mass is 10.2. The number of fused-ring (bicyclic) bond motifs is 1. The maximum Gasteiger partial charge on any atom is 0.234 e. The van der Waals surface area contributed by atoms with Crippen molar-refractivity contribution in [2.45, 2.75) is 11.7 Å². The lowest BCUT2D eigenvalue weighted by molar-refractivity contribution is -0.113. The molecule has 3 aromatic carbocycles. The van der Waals surface area contributed by atoms with Gasteiger partial charge in [0.15, 0.2) is 22.5 Å². The van der Waals surface area contributed by atoms with Gasteiger partial charge in [-0.1, -0.05) is 60.3 Å². The standard InChI is InChI=1S/C24H19FN4O3S/c25-18-8-4-5-9-19(18)26-22(30)14-33-24-28-27-23(17-6-2-1-3-7-17)29(24)13-16-10-11-20-21(12-16)32-15-31-20/h1-12H,13-15H2,(H,26,30). The molecule has 1 aliphatic heterocycles. The molecule has 0 saturated heterocycles. The van der Waals surface area contributed by atoms with Crippen molar-refractivity contribution in [3.8, 4) is 22.9 Å². The van der Waals surface area contributed by atoms with E-state index in [2.05, 4.69) is 15.5 Å². The smallest absolute Gasteiger partial charge is 0.234 e. The van der Waals surface area contributed by atoms with Crippen molar-refractivity contribution in [2.24, 2.45) is 0 Å². The van der Waals surface area contributed by atoms with E-state index in [4.69, 9.17) is 9.47 Å². The van der Waals surface area contributed by atoms with Gasteiger partial charge in [0.1, 0.15) is 5.82 Å². The van der Waals surface area contributed by atoms with E-state index in [0.29, 0.717) is 29.0 Å². The highest BCUT2D eigenvalue weighted by Gasteiger charge is 2.19. The number of amides is 1. The van der Waals surface area contributed by atoms with Crippen molar-refractivity contribution in [2.75, 3.05) is 17.9 Å². The summed E-state index contributed by atoms with van der Waals surface area (Å²) in [5.41, 5.74) is 2.04. The van der Waals surface area contributed by atoms with Crippen LogP contribution in [0.1, 0.15) is 5.56 Å². The monoisotopic (exact) mass is 462 g/mol. The van der Waals surface area contributed by atoms with Gasteiger partial charge in [0.2, 0.25) is 12.7 Å². The first-order chi connectivity index (χ1) is 16.2. The van der Waals surface area contributed by atoms with Crippen LogP contribution < -0.4 is 14.8 Å². The summed E-state index contributed by atoms with van der Waals surface area (Å²) in [4.78, 5) is 12.4. The Labute approximate surface area is 193 Å². The summed E-state index contributed by atoms with van der Waals surface area (Å²) in [6.07, 6.45) is 0. The Morgan fingerprint density at radius 1 is 1.00 bits per heavy atom. The normalized spacial score (nSPS) is 12.0.